The van der Waals surface area contributed by atoms with Crippen LogP contribution < -0.4 is 0 Å². The van der Waals surface area contributed by atoms with E-state index in [1.165, 1.54) is 4.70 Å². The molecule has 2 aromatic rings. The summed E-state index contributed by atoms with van der Waals surface area (Å²) in [7, 11) is 1.87. The Morgan fingerprint density at radius 3 is 2.71 bits per heavy atom. The number of hydrogen-bond donors (Lipinski definition) is 0. The molecule has 0 fully saturated rings. The smallest absolute Gasteiger partial charge is 0.263 e. The summed E-state index contributed by atoms with van der Waals surface area (Å²) in [4.78, 5) is 14.8. The second-order valence-electron chi connectivity index (χ2n) is 4.73. The molecule has 0 atom stereocenters. The Kier molecular flexibility index (Phi) is 3.48. The number of benzene rings is 1. The van der Waals surface area contributed by atoms with E-state index in [2.05, 4.69) is 19.9 Å². The van der Waals surface area contributed by atoms with E-state index >= 15 is 0 Å². The first-order chi connectivity index (χ1) is 8.08. The van der Waals surface area contributed by atoms with Crippen molar-refractivity contribution < 1.29 is 4.79 Å². The first kappa shape index (κ1) is 12.1. The average Bonchev–Trinajstić information content (AvgIpc) is 2.70. The summed E-state index contributed by atoms with van der Waals surface area (Å²) in [5.41, 5.74) is 0. The summed E-state index contributed by atoms with van der Waals surface area (Å²) in [6, 6.07) is 10.1. The molecule has 0 bridgehead atoms. The second kappa shape index (κ2) is 4.88. The van der Waals surface area contributed by atoms with Gasteiger partial charge in [-0.2, -0.15) is 0 Å². The monoisotopic (exact) mass is 247 g/mol. The maximum atomic E-state index is 12.2. The molecule has 0 aliphatic heterocycles. The van der Waals surface area contributed by atoms with Crippen molar-refractivity contribution in [3.05, 3.63) is 35.2 Å². The molecule has 1 aromatic heterocycles. The third-order valence-electron chi connectivity index (χ3n) is 2.62. The van der Waals surface area contributed by atoms with Gasteiger partial charge < -0.3 is 4.90 Å². The Morgan fingerprint density at radius 1 is 1.35 bits per heavy atom. The zero-order valence-corrected chi connectivity index (χ0v) is 11.3. The van der Waals surface area contributed by atoms with Crippen molar-refractivity contribution in [3.8, 4) is 0 Å². The van der Waals surface area contributed by atoms with E-state index in [9.17, 15) is 4.79 Å². The van der Waals surface area contributed by atoms with E-state index in [1.54, 1.807) is 16.2 Å². The van der Waals surface area contributed by atoms with Crippen LogP contribution in [-0.4, -0.2) is 24.4 Å². The number of rotatable bonds is 3. The molecule has 0 spiro atoms. The van der Waals surface area contributed by atoms with Crippen molar-refractivity contribution in [1.82, 2.24) is 4.90 Å². The lowest BCUT2D eigenvalue weighted by Crippen LogP contribution is -2.29. The van der Waals surface area contributed by atoms with Gasteiger partial charge in [-0.3, -0.25) is 4.79 Å². The van der Waals surface area contributed by atoms with Crippen LogP contribution in [0.2, 0.25) is 0 Å². The minimum atomic E-state index is 0.125. The fourth-order valence-corrected chi connectivity index (χ4v) is 2.96. The average molecular weight is 247 g/mol. The predicted molar refractivity (Wildman–Crippen MR) is 73.6 cm³/mol. The lowest BCUT2D eigenvalue weighted by Gasteiger charge is -2.18. The van der Waals surface area contributed by atoms with Crippen molar-refractivity contribution in [3.63, 3.8) is 0 Å². The molecule has 1 heterocycles. The first-order valence-electron chi connectivity index (χ1n) is 5.82. The molecular weight excluding hydrogens is 230 g/mol. The fourth-order valence-electron chi connectivity index (χ4n) is 1.91. The Bertz CT molecular complexity index is 497. The molecule has 3 heteroatoms. The number of hydrogen-bond acceptors (Lipinski definition) is 2. The molecule has 0 N–H and O–H groups in total. The van der Waals surface area contributed by atoms with Crippen LogP contribution in [0.5, 0.6) is 0 Å². The summed E-state index contributed by atoms with van der Waals surface area (Å²) >= 11 is 1.57. The van der Waals surface area contributed by atoms with Crippen LogP contribution in [0.1, 0.15) is 23.5 Å². The van der Waals surface area contributed by atoms with E-state index in [0.717, 1.165) is 16.8 Å². The van der Waals surface area contributed by atoms with Gasteiger partial charge in [-0.1, -0.05) is 32.0 Å². The van der Waals surface area contributed by atoms with E-state index in [0.29, 0.717) is 5.92 Å². The molecule has 0 radical (unpaired) electrons. The van der Waals surface area contributed by atoms with Gasteiger partial charge in [0.05, 0.1) is 4.88 Å². The Labute approximate surface area is 106 Å². The zero-order chi connectivity index (χ0) is 12.4. The fraction of sp³-hybridized carbons (Fsp3) is 0.357. The molecule has 0 aliphatic carbocycles. The van der Waals surface area contributed by atoms with Gasteiger partial charge in [0, 0.05) is 18.3 Å². The third-order valence-corrected chi connectivity index (χ3v) is 3.73. The Hall–Kier alpha value is -1.35. The number of carbonyl (C=O) groups excluding carboxylic acids is 1. The van der Waals surface area contributed by atoms with E-state index in [-0.39, 0.29) is 5.91 Å². The molecule has 0 aliphatic rings. The zero-order valence-electron chi connectivity index (χ0n) is 10.4. The highest BCUT2D eigenvalue weighted by atomic mass is 32.1. The molecule has 1 aromatic carbocycles. The Balaban J connectivity index is 2.24. The molecule has 90 valence electrons. The van der Waals surface area contributed by atoms with Crippen molar-refractivity contribution >= 4 is 27.3 Å². The van der Waals surface area contributed by atoms with Crippen LogP contribution in [0.15, 0.2) is 30.3 Å². The maximum Gasteiger partial charge on any atom is 0.263 e. The van der Waals surface area contributed by atoms with Gasteiger partial charge in [0.25, 0.3) is 5.91 Å². The number of thiophene rings is 1. The lowest BCUT2D eigenvalue weighted by molar-refractivity contribution is 0.0784. The largest absolute Gasteiger partial charge is 0.341 e. The minimum Gasteiger partial charge on any atom is -0.341 e. The predicted octanol–water partition coefficient (Wildman–Crippen LogP) is 3.63. The van der Waals surface area contributed by atoms with Gasteiger partial charge in [0.2, 0.25) is 0 Å². The highest BCUT2D eigenvalue weighted by molar-refractivity contribution is 7.20. The van der Waals surface area contributed by atoms with Gasteiger partial charge in [-0.15, -0.1) is 11.3 Å². The SMILES string of the molecule is CC(C)CN(C)C(=O)c1cc2ccccc2s1. The van der Waals surface area contributed by atoms with Gasteiger partial charge in [-0.05, 0) is 23.4 Å². The van der Waals surface area contributed by atoms with Crippen LogP contribution >= 0.6 is 11.3 Å². The van der Waals surface area contributed by atoms with Crippen molar-refractivity contribution in [1.29, 1.82) is 0 Å². The van der Waals surface area contributed by atoms with Crippen LogP contribution in [0.4, 0.5) is 0 Å². The molecule has 0 unspecified atom stereocenters. The van der Waals surface area contributed by atoms with E-state index in [1.807, 2.05) is 31.3 Å². The quantitative estimate of drug-likeness (QED) is 0.811. The second-order valence-corrected chi connectivity index (χ2v) is 5.81. The summed E-state index contributed by atoms with van der Waals surface area (Å²) in [6.07, 6.45) is 0. The number of fused-ring (bicyclic) bond motifs is 1. The summed E-state index contributed by atoms with van der Waals surface area (Å²) < 4.78 is 1.17. The third kappa shape index (κ3) is 2.67. The number of carbonyl (C=O) groups is 1. The highest BCUT2D eigenvalue weighted by Crippen LogP contribution is 2.26. The Morgan fingerprint density at radius 2 is 2.06 bits per heavy atom. The van der Waals surface area contributed by atoms with Gasteiger partial charge in [0.1, 0.15) is 0 Å². The topological polar surface area (TPSA) is 20.3 Å². The molecule has 2 nitrogen and oxygen atoms in total. The first-order valence-corrected chi connectivity index (χ1v) is 6.63. The standard InChI is InChI=1S/C14H17NOS/c1-10(2)9-15(3)14(16)13-8-11-6-4-5-7-12(11)17-13/h4-8,10H,9H2,1-3H3. The van der Waals surface area contributed by atoms with Crippen molar-refractivity contribution in [2.75, 3.05) is 13.6 Å². The summed E-state index contributed by atoms with van der Waals surface area (Å²) in [5.74, 6) is 0.623. The van der Waals surface area contributed by atoms with Crippen LogP contribution in [-0.2, 0) is 0 Å². The van der Waals surface area contributed by atoms with Crippen LogP contribution in [0.25, 0.3) is 10.1 Å². The molecule has 2 rings (SSSR count). The van der Waals surface area contributed by atoms with Crippen molar-refractivity contribution in [2.45, 2.75) is 13.8 Å². The molecular formula is C14H17NOS. The van der Waals surface area contributed by atoms with E-state index < -0.39 is 0 Å². The molecule has 0 saturated heterocycles. The van der Waals surface area contributed by atoms with Crippen LogP contribution in [0.3, 0.4) is 0 Å². The highest BCUT2D eigenvalue weighted by Gasteiger charge is 2.15. The van der Waals surface area contributed by atoms with E-state index in [4.69, 9.17) is 0 Å². The van der Waals surface area contributed by atoms with Gasteiger partial charge in [-0.25, -0.2) is 0 Å². The normalized spacial score (nSPS) is 11.1. The minimum absolute atomic E-state index is 0.125. The molecule has 17 heavy (non-hydrogen) atoms. The number of amides is 1. The summed E-state index contributed by atoms with van der Waals surface area (Å²) in [6.45, 7) is 5.04. The lowest BCUT2D eigenvalue weighted by atomic mass is 10.2. The van der Waals surface area contributed by atoms with Crippen LogP contribution in [0, 0.1) is 5.92 Å². The van der Waals surface area contributed by atoms with Gasteiger partial charge >= 0.3 is 0 Å². The van der Waals surface area contributed by atoms with Gasteiger partial charge in [0.15, 0.2) is 0 Å². The maximum absolute atomic E-state index is 12.2. The van der Waals surface area contributed by atoms with Crippen molar-refractivity contribution in [2.24, 2.45) is 5.92 Å². The number of nitrogens with zero attached hydrogens (tertiary/aromatic N) is 1. The molecule has 0 saturated carbocycles. The summed E-state index contributed by atoms with van der Waals surface area (Å²) in [5, 5.41) is 1.15. The molecule has 1 amide bonds.